The van der Waals surface area contributed by atoms with E-state index in [0.717, 1.165) is 53.8 Å². The number of fused-ring (bicyclic) bond motifs is 1. The second-order valence-corrected chi connectivity index (χ2v) is 5.09. The van der Waals surface area contributed by atoms with Gasteiger partial charge in [-0.3, -0.25) is 0 Å². The van der Waals surface area contributed by atoms with Crippen LogP contribution in [0, 0.1) is 6.92 Å². The smallest absolute Gasteiger partial charge is 0.142 e. The molecule has 1 aromatic heterocycles. The average Bonchev–Trinajstić information content (AvgIpc) is 2.95. The topological polar surface area (TPSA) is 56.3 Å². The van der Waals surface area contributed by atoms with Crippen molar-refractivity contribution in [1.29, 1.82) is 0 Å². The molecule has 1 aliphatic rings. The van der Waals surface area contributed by atoms with Gasteiger partial charge in [0, 0.05) is 17.3 Å². The number of hydrogen-bond donors (Lipinski definition) is 1. The Bertz CT molecular complexity index is 671. The van der Waals surface area contributed by atoms with Crippen molar-refractivity contribution >= 4 is 11.5 Å². The van der Waals surface area contributed by atoms with Gasteiger partial charge >= 0.3 is 0 Å². The Kier molecular flexibility index (Phi) is 3.64. The molecule has 1 heterocycles. The molecule has 0 unspecified atom stereocenters. The summed E-state index contributed by atoms with van der Waals surface area (Å²) in [6, 6.07) is 5.67. The Morgan fingerprint density at radius 1 is 1.10 bits per heavy atom. The van der Waals surface area contributed by atoms with Crippen molar-refractivity contribution in [2.45, 2.75) is 26.2 Å². The first-order chi connectivity index (χ1) is 10.2. The van der Waals surface area contributed by atoms with Crippen LogP contribution in [0.4, 0.5) is 11.5 Å². The summed E-state index contributed by atoms with van der Waals surface area (Å²) >= 11 is 0. The first-order valence-electron chi connectivity index (χ1n) is 7.06. The van der Waals surface area contributed by atoms with Gasteiger partial charge in [0.15, 0.2) is 0 Å². The number of methoxy groups -OCH3 is 2. The van der Waals surface area contributed by atoms with Crippen molar-refractivity contribution in [2.75, 3.05) is 19.5 Å². The number of ether oxygens (including phenoxy) is 2. The molecule has 0 aliphatic heterocycles. The lowest BCUT2D eigenvalue weighted by Crippen LogP contribution is -2.04. The molecule has 0 fully saturated rings. The second-order valence-electron chi connectivity index (χ2n) is 5.09. The van der Waals surface area contributed by atoms with Crippen LogP contribution >= 0.6 is 0 Å². The number of nitrogens with zero attached hydrogens (tertiary/aromatic N) is 2. The average molecular weight is 285 g/mol. The monoisotopic (exact) mass is 285 g/mol. The van der Waals surface area contributed by atoms with Crippen LogP contribution in [0.2, 0.25) is 0 Å². The molecule has 0 radical (unpaired) electrons. The van der Waals surface area contributed by atoms with Crippen LogP contribution in [0.1, 0.15) is 23.5 Å². The Hall–Kier alpha value is -2.30. The first-order valence-corrected chi connectivity index (χ1v) is 7.06. The van der Waals surface area contributed by atoms with Crippen LogP contribution in [-0.4, -0.2) is 24.2 Å². The summed E-state index contributed by atoms with van der Waals surface area (Å²) in [5.74, 6) is 3.21. The lowest BCUT2D eigenvalue weighted by atomic mass is 10.2. The molecule has 21 heavy (non-hydrogen) atoms. The van der Waals surface area contributed by atoms with E-state index >= 15 is 0 Å². The van der Waals surface area contributed by atoms with Crippen LogP contribution in [0.15, 0.2) is 18.2 Å². The Labute approximate surface area is 124 Å². The van der Waals surface area contributed by atoms with E-state index in [1.807, 2.05) is 25.1 Å². The predicted molar refractivity (Wildman–Crippen MR) is 81.6 cm³/mol. The molecule has 0 amide bonds. The molecule has 0 bridgehead atoms. The highest BCUT2D eigenvalue weighted by molar-refractivity contribution is 5.68. The zero-order valence-electron chi connectivity index (χ0n) is 12.6. The molecule has 2 aromatic rings. The zero-order chi connectivity index (χ0) is 14.8. The minimum atomic E-state index is 0.763. The zero-order valence-corrected chi connectivity index (χ0v) is 12.6. The van der Waals surface area contributed by atoms with Gasteiger partial charge in [-0.25, -0.2) is 9.97 Å². The number of nitrogens with one attached hydrogen (secondary N) is 1. The number of rotatable bonds is 4. The maximum atomic E-state index is 5.41. The van der Waals surface area contributed by atoms with E-state index in [0.29, 0.717) is 0 Å². The summed E-state index contributed by atoms with van der Waals surface area (Å²) < 4.78 is 10.7. The SMILES string of the molecule is COc1ccc(OC)c(Nc2nc(C)nc3c2CCC3)c1. The maximum Gasteiger partial charge on any atom is 0.142 e. The van der Waals surface area contributed by atoms with Crippen molar-refractivity contribution < 1.29 is 9.47 Å². The summed E-state index contributed by atoms with van der Waals surface area (Å²) in [7, 11) is 3.31. The van der Waals surface area contributed by atoms with Crippen molar-refractivity contribution in [3.63, 3.8) is 0 Å². The summed E-state index contributed by atoms with van der Waals surface area (Å²) in [4.78, 5) is 9.08. The number of hydrogen-bond acceptors (Lipinski definition) is 5. The molecule has 0 atom stereocenters. The maximum absolute atomic E-state index is 5.41. The highest BCUT2D eigenvalue weighted by Gasteiger charge is 2.19. The molecule has 5 heteroatoms. The predicted octanol–water partition coefficient (Wildman–Crippen LogP) is 3.03. The minimum Gasteiger partial charge on any atom is -0.497 e. The van der Waals surface area contributed by atoms with E-state index in [1.165, 1.54) is 5.56 Å². The van der Waals surface area contributed by atoms with Gasteiger partial charge in [-0.1, -0.05) is 0 Å². The Balaban J connectivity index is 2.01. The molecule has 0 saturated carbocycles. The number of aromatic nitrogens is 2. The molecular weight excluding hydrogens is 266 g/mol. The third-order valence-corrected chi connectivity index (χ3v) is 3.70. The van der Waals surface area contributed by atoms with Crippen molar-refractivity contribution in [3.05, 3.63) is 35.3 Å². The Morgan fingerprint density at radius 2 is 1.95 bits per heavy atom. The lowest BCUT2D eigenvalue weighted by molar-refractivity contribution is 0.405. The second kappa shape index (κ2) is 5.60. The fraction of sp³-hybridized carbons (Fsp3) is 0.375. The molecule has 1 aliphatic carbocycles. The molecule has 0 spiro atoms. The summed E-state index contributed by atoms with van der Waals surface area (Å²) in [6.45, 7) is 1.92. The first kappa shape index (κ1) is 13.7. The fourth-order valence-corrected chi connectivity index (χ4v) is 2.70. The van der Waals surface area contributed by atoms with Crippen LogP contribution in [0.25, 0.3) is 0 Å². The van der Waals surface area contributed by atoms with Crippen LogP contribution in [-0.2, 0) is 12.8 Å². The van der Waals surface area contributed by atoms with Gasteiger partial charge in [-0.15, -0.1) is 0 Å². The van der Waals surface area contributed by atoms with Gasteiger partial charge in [-0.2, -0.15) is 0 Å². The van der Waals surface area contributed by atoms with Crippen LogP contribution < -0.4 is 14.8 Å². The summed E-state index contributed by atoms with van der Waals surface area (Å²) in [5.41, 5.74) is 3.22. The van der Waals surface area contributed by atoms with Crippen molar-refractivity contribution in [3.8, 4) is 11.5 Å². The van der Waals surface area contributed by atoms with Crippen LogP contribution in [0.3, 0.4) is 0 Å². The Morgan fingerprint density at radius 3 is 2.71 bits per heavy atom. The third kappa shape index (κ3) is 2.63. The van der Waals surface area contributed by atoms with E-state index in [2.05, 4.69) is 15.3 Å². The minimum absolute atomic E-state index is 0.763. The van der Waals surface area contributed by atoms with Gasteiger partial charge in [0.2, 0.25) is 0 Å². The van der Waals surface area contributed by atoms with Crippen molar-refractivity contribution in [1.82, 2.24) is 9.97 Å². The largest absolute Gasteiger partial charge is 0.497 e. The number of benzene rings is 1. The standard InChI is InChI=1S/C16H19N3O2/c1-10-17-13-6-4-5-12(13)16(18-10)19-14-9-11(20-2)7-8-15(14)21-3/h7-9H,4-6H2,1-3H3,(H,17,18,19). The van der Waals surface area contributed by atoms with Gasteiger partial charge in [0.05, 0.1) is 19.9 Å². The quantitative estimate of drug-likeness (QED) is 0.935. The van der Waals surface area contributed by atoms with Crippen molar-refractivity contribution in [2.24, 2.45) is 0 Å². The van der Waals surface area contributed by atoms with E-state index < -0.39 is 0 Å². The molecule has 1 N–H and O–H groups in total. The fourth-order valence-electron chi connectivity index (χ4n) is 2.70. The molecular formula is C16H19N3O2. The number of aryl methyl sites for hydroxylation is 2. The number of anilines is 2. The van der Waals surface area contributed by atoms with Gasteiger partial charge in [-0.05, 0) is 38.3 Å². The molecule has 1 aromatic carbocycles. The normalized spacial score (nSPS) is 12.9. The van der Waals surface area contributed by atoms with Gasteiger partial charge in [0.25, 0.3) is 0 Å². The highest BCUT2D eigenvalue weighted by Crippen LogP contribution is 2.34. The highest BCUT2D eigenvalue weighted by atomic mass is 16.5. The van der Waals surface area contributed by atoms with E-state index in [9.17, 15) is 0 Å². The third-order valence-electron chi connectivity index (χ3n) is 3.70. The van der Waals surface area contributed by atoms with E-state index in [-0.39, 0.29) is 0 Å². The molecule has 0 saturated heterocycles. The molecule has 110 valence electrons. The van der Waals surface area contributed by atoms with E-state index in [1.54, 1.807) is 14.2 Å². The van der Waals surface area contributed by atoms with Gasteiger partial charge < -0.3 is 14.8 Å². The molecule has 3 rings (SSSR count). The van der Waals surface area contributed by atoms with Gasteiger partial charge in [0.1, 0.15) is 23.1 Å². The summed E-state index contributed by atoms with van der Waals surface area (Å²) in [5, 5.41) is 3.38. The lowest BCUT2D eigenvalue weighted by Gasteiger charge is -2.14. The van der Waals surface area contributed by atoms with Crippen LogP contribution in [0.5, 0.6) is 11.5 Å². The van der Waals surface area contributed by atoms with E-state index in [4.69, 9.17) is 9.47 Å². The summed E-state index contributed by atoms with van der Waals surface area (Å²) in [6.07, 6.45) is 3.18. The molecule has 5 nitrogen and oxygen atoms in total.